The summed E-state index contributed by atoms with van der Waals surface area (Å²) in [6.07, 6.45) is -4.10. The highest BCUT2D eigenvalue weighted by Gasteiger charge is 2.39. The summed E-state index contributed by atoms with van der Waals surface area (Å²) in [5, 5.41) is 3.81. The molecule has 0 aliphatic carbocycles. The summed E-state index contributed by atoms with van der Waals surface area (Å²) in [6.45, 7) is 0.597. The predicted octanol–water partition coefficient (Wildman–Crippen LogP) is 4.24. The van der Waals surface area contributed by atoms with Gasteiger partial charge in [-0.2, -0.15) is 13.2 Å². The lowest BCUT2D eigenvalue weighted by atomic mass is 10.2. The molecule has 0 bridgehead atoms. The number of alkyl halides is 3. The minimum absolute atomic E-state index is 0.0715. The van der Waals surface area contributed by atoms with Crippen molar-refractivity contribution in [1.82, 2.24) is 14.9 Å². The van der Waals surface area contributed by atoms with E-state index in [0.717, 1.165) is 25.6 Å². The Bertz CT molecular complexity index is 1020. The van der Waals surface area contributed by atoms with Gasteiger partial charge in [-0.25, -0.2) is 9.97 Å². The predicted molar refractivity (Wildman–Crippen MR) is 102 cm³/mol. The molecule has 28 heavy (non-hydrogen) atoms. The molecule has 1 fully saturated rings. The third-order valence-corrected chi connectivity index (χ3v) is 5.62. The molecule has 1 aliphatic rings. The maximum Gasteiger partial charge on any atom is 0.406 e. The Morgan fingerprint density at radius 3 is 2.71 bits per heavy atom. The molecule has 3 heterocycles. The van der Waals surface area contributed by atoms with Crippen molar-refractivity contribution in [2.24, 2.45) is 0 Å². The van der Waals surface area contributed by atoms with Crippen LogP contribution in [-0.4, -0.2) is 46.1 Å². The number of carbonyl (C=O) groups is 1. The van der Waals surface area contributed by atoms with E-state index in [-0.39, 0.29) is 6.54 Å². The van der Waals surface area contributed by atoms with Crippen LogP contribution in [0.15, 0.2) is 36.4 Å². The average molecular weight is 406 g/mol. The van der Waals surface area contributed by atoms with Gasteiger partial charge in [-0.05, 0) is 25.0 Å². The monoisotopic (exact) mass is 406 g/mol. The maximum absolute atomic E-state index is 12.6. The molecular weight excluding hydrogens is 389 g/mol. The van der Waals surface area contributed by atoms with Crippen LogP contribution in [0.1, 0.15) is 12.2 Å². The van der Waals surface area contributed by atoms with Crippen LogP contribution < -0.4 is 5.32 Å². The molecule has 1 N–H and O–H groups in total. The van der Waals surface area contributed by atoms with Crippen molar-refractivity contribution in [3.05, 3.63) is 42.2 Å². The average Bonchev–Trinajstić information content (AvgIpc) is 3.20. The van der Waals surface area contributed by atoms with E-state index in [0.29, 0.717) is 18.1 Å². The van der Waals surface area contributed by atoms with Gasteiger partial charge in [-0.3, -0.25) is 4.79 Å². The van der Waals surface area contributed by atoms with E-state index in [2.05, 4.69) is 15.3 Å². The molecule has 0 saturated carbocycles. The van der Waals surface area contributed by atoms with Crippen molar-refractivity contribution in [3.63, 3.8) is 0 Å². The number of nitrogens with one attached hydrogen (secondary N) is 1. The van der Waals surface area contributed by atoms with E-state index < -0.39 is 24.7 Å². The van der Waals surface area contributed by atoms with Crippen molar-refractivity contribution in [3.8, 4) is 10.4 Å². The third kappa shape index (κ3) is 3.80. The number of halogens is 3. The zero-order valence-corrected chi connectivity index (χ0v) is 15.8. The number of aromatic nitrogens is 2. The van der Waals surface area contributed by atoms with E-state index in [9.17, 15) is 18.0 Å². The second-order valence-electron chi connectivity index (χ2n) is 6.68. The van der Waals surface area contributed by atoms with Crippen molar-refractivity contribution < 1.29 is 18.0 Å². The first-order chi connectivity index (χ1) is 13.3. The van der Waals surface area contributed by atoms with Gasteiger partial charge in [0.25, 0.3) is 0 Å². The molecule has 1 atom stereocenters. The highest BCUT2D eigenvalue weighted by molar-refractivity contribution is 7.21. The molecule has 1 aliphatic heterocycles. The number of amides is 1. The lowest BCUT2D eigenvalue weighted by Gasteiger charge is -2.19. The normalized spacial score (nSPS) is 17.5. The third-order valence-electron chi connectivity index (χ3n) is 4.54. The summed E-state index contributed by atoms with van der Waals surface area (Å²) in [5.41, 5.74) is 1.04. The Kier molecular flexibility index (Phi) is 4.70. The van der Waals surface area contributed by atoms with Gasteiger partial charge in [0.05, 0.1) is 5.39 Å². The molecule has 1 aromatic carbocycles. The first kappa shape index (κ1) is 18.7. The smallest absolute Gasteiger partial charge is 0.358 e. The van der Waals surface area contributed by atoms with Crippen molar-refractivity contribution >= 4 is 33.3 Å². The van der Waals surface area contributed by atoms with Crippen LogP contribution in [0.25, 0.3) is 20.7 Å². The number of thiophene rings is 1. The molecule has 4 rings (SSSR count). The van der Waals surface area contributed by atoms with Gasteiger partial charge in [0, 0.05) is 11.4 Å². The van der Waals surface area contributed by atoms with Gasteiger partial charge in [0.2, 0.25) is 5.91 Å². The minimum Gasteiger partial charge on any atom is -0.358 e. The number of carbonyl (C=O) groups excluding carboxylic acids is 1. The molecule has 3 aromatic rings. The zero-order chi connectivity index (χ0) is 19.9. The number of aryl methyl sites for hydroxylation is 1. The van der Waals surface area contributed by atoms with Crippen LogP contribution in [-0.2, 0) is 4.79 Å². The van der Waals surface area contributed by atoms with Crippen LogP contribution in [0, 0.1) is 6.92 Å². The maximum atomic E-state index is 12.6. The Labute approximate surface area is 163 Å². The fourth-order valence-corrected chi connectivity index (χ4v) is 4.38. The second-order valence-corrected chi connectivity index (χ2v) is 7.71. The molecule has 1 saturated heterocycles. The fourth-order valence-electron chi connectivity index (χ4n) is 3.29. The highest BCUT2D eigenvalue weighted by Crippen LogP contribution is 2.36. The van der Waals surface area contributed by atoms with Crippen LogP contribution in [0.2, 0.25) is 0 Å². The number of nitrogens with zero attached hydrogens (tertiary/aromatic N) is 3. The van der Waals surface area contributed by atoms with Crippen molar-refractivity contribution in [1.29, 1.82) is 0 Å². The number of hydrogen-bond donors (Lipinski definition) is 1. The Hall–Kier alpha value is -2.68. The zero-order valence-electron chi connectivity index (χ0n) is 15.0. The lowest BCUT2D eigenvalue weighted by molar-refractivity contribution is -0.157. The Balaban J connectivity index is 1.62. The summed E-state index contributed by atoms with van der Waals surface area (Å²) in [5.74, 6) is 0.461. The van der Waals surface area contributed by atoms with E-state index in [1.54, 1.807) is 6.92 Å². The van der Waals surface area contributed by atoms with Crippen LogP contribution in [0.3, 0.4) is 0 Å². The highest BCUT2D eigenvalue weighted by atomic mass is 32.1. The molecular formula is C19H17F3N4OS. The number of rotatable bonds is 4. The van der Waals surface area contributed by atoms with Gasteiger partial charge in [-0.15, -0.1) is 11.3 Å². The van der Waals surface area contributed by atoms with Crippen LogP contribution >= 0.6 is 11.3 Å². The first-order valence-corrected chi connectivity index (χ1v) is 9.57. The molecule has 5 nitrogen and oxygen atoms in total. The van der Waals surface area contributed by atoms with Crippen molar-refractivity contribution in [2.75, 3.05) is 18.4 Å². The molecule has 9 heteroatoms. The van der Waals surface area contributed by atoms with E-state index in [4.69, 9.17) is 0 Å². The van der Waals surface area contributed by atoms with Crippen LogP contribution in [0.4, 0.5) is 19.0 Å². The molecule has 0 spiro atoms. The lowest BCUT2D eigenvalue weighted by Crippen LogP contribution is -2.39. The van der Waals surface area contributed by atoms with E-state index in [1.165, 1.54) is 11.3 Å². The SMILES string of the molecule is Cc1nc(NC2CCN(CC(F)(F)F)C2=O)c2cc(-c3ccccc3)sc2n1. The quantitative estimate of drug-likeness (QED) is 0.704. The van der Waals surface area contributed by atoms with E-state index >= 15 is 0 Å². The summed E-state index contributed by atoms with van der Waals surface area (Å²) >= 11 is 1.51. The number of benzene rings is 1. The number of hydrogen-bond acceptors (Lipinski definition) is 5. The van der Waals surface area contributed by atoms with Gasteiger partial charge in [0.1, 0.15) is 29.1 Å². The molecule has 2 aromatic heterocycles. The molecule has 1 amide bonds. The fraction of sp³-hybridized carbons (Fsp3) is 0.316. The minimum atomic E-state index is -4.40. The standard InChI is InChI=1S/C19H17F3N4OS/c1-11-23-16(25-14-7-8-26(18(14)27)10-19(20,21)22)13-9-15(28-17(13)24-11)12-5-3-2-4-6-12/h2-6,9,14H,7-8,10H2,1H3,(H,23,24,25). The van der Waals surface area contributed by atoms with Gasteiger partial charge in [0.15, 0.2) is 0 Å². The summed E-state index contributed by atoms with van der Waals surface area (Å²) in [4.78, 5) is 23.8. The number of anilines is 1. The van der Waals surface area contributed by atoms with E-state index in [1.807, 2.05) is 36.4 Å². The first-order valence-electron chi connectivity index (χ1n) is 8.76. The Morgan fingerprint density at radius 2 is 2.00 bits per heavy atom. The Morgan fingerprint density at radius 1 is 1.25 bits per heavy atom. The molecule has 1 unspecified atom stereocenters. The largest absolute Gasteiger partial charge is 0.406 e. The molecule has 146 valence electrons. The summed E-state index contributed by atoms with van der Waals surface area (Å²) < 4.78 is 37.9. The molecule has 0 radical (unpaired) electrons. The van der Waals surface area contributed by atoms with Gasteiger partial charge >= 0.3 is 6.18 Å². The topological polar surface area (TPSA) is 58.1 Å². The van der Waals surface area contributed by atoms with Gasteiger partial charge < -0.3 is 10.2 Å². The number of fused-ring (bicyclic) bond motifs is 1. The second kappa shape index (κ2) is 7.05. The number of likely N-dealkylation sites (tertiary alicyclic amines) is 1. The summed E-state index contributed by atoms with van der Waals surface area (Å²) in [6, 6.07) is 11.0. The van der Waals surface area contributed by atoms with Crippen molar-refractivity contribution in [2.45, 2.75) is 25.6 Å². The summed E-state index contributed by atoms with van der Waals surface area (Å²) in [7, 11) is 0. The van der Waals surface area contributed by atoms with Gasteiger partial charge in [-0.1, -0.05) is 30.3 Å². The van der Waals surface area contributed by atoms with Crippen LogP contribution in [0.5, 0.6) is 0 Å².